The molecular formula is C26H38N6O4S. The van der Waals surface area contributed by atoms with Crippen molar-refractivity contribution >= 4 is 21.1 Å². The number of likely N-dealkylation sites (tertiary alicyclic amines) is 1. The van der Waals surface area contributed by atoms with E-state index in [9.17, 15) is 13.2 Å². The maximum Gasteiger partial charge on any atom is 0.277 e. The van der Waals surface area contributed by atoms with E-state index in [1.165, 1.54) is 12.1 Å². The first-order valence-corrected chi connectivity index (χ1v) is 14.7. The molecule has 1 aliphatic rings. The second-order valence-electron chi connectivity index (χ2n) is 9.99. The van der Waals surface area contributed by atoms with Crippen molar-refractivity contribution in [3.63, 3.8) is 0 Å². The summed E-state index contributed by atoms with van der Waals surface area (Å²) in [6.07, 6.45) is 4.42. The number of nitrogens with zero attached hydrogens (tertiary/aromatic N) is 4. The van der Waals surface area contributed by atoms with Crippen LogP contribution in [0, 0.1) is 0 Å². The molecule has 202 valence electrons. The fraction of sp³-hybridized carbons (Fsp3) is 0.577. The molecule has 0 aliphatic carbocycles. The molecule has 3 heterocycles. The summed E-state index contributed by atoms with van der Waals surface area (Å²) >= 11 is 0. The molecule has 0 unspecified atom stereocenters. The summed E-state index contributed by atoms with van der Waals surface area (Å²) in [5.74, 6) is 0.717. The van der Waals surface area contributed by atoms with Crippen molar-refractivity contribution in [1.82, 2.24) is 29.4 Å². The summed E-state index contributed by atoms with van der Waals surface area (Å²) in [5, 5.41) is 4.59. The zero-order valence-electron chi connectivity index (χ0n) is 22.4. The molecule has 1 aliphatic heterocycles. The van der Waals surface area contributed by atoms with E-state index in [-0.39, 0.29) is 16.3 Å². The van der Waals surface area contributed by atoms with Crippen LogP contribution in [0.15, 0.2) is 27.9 Å². The predicted molar refractivity (Wildman–Crippen MR) is 144 cm³/mol. The van der Waals surface area contributed by atoms with Gasteiger partial charge in [0.15, 0.2) is 5.52 Å². The van der Waals surface area contributed by atoms with Gasteiger partial charge in [-0.15, -0.1) is 0 Å². The second-order valence-corrected chi connectivity index (χ2v) is 11.7. The third-order valence-corrected chi connectivity index (χ3v) is 8.36. The predicted octanol–water partition coefficient (Wildman–Crippen LogP) is 3.66. The lowest BCUT2D eigenvalue weighted by atomic mass is 10.1. The molecule has 0 amide bonds. The molecule has 3 aromatic rings. The van der Waals surface area contributed by atoms with Crippen molar-refractivity contribution in [2.75, 3.05) is 19.7 Å². The summed E-state index contributed by atoms with van der Waals surface area (Å²) < 4.78 is 37.4. The minimum atomic E-state index is -3.88. The number of hydrogen-bond acceptors (Lipinski definition) is 7. The van der Waals surface area contributed by atoms with Crippen LogP contribution in [-0.4, -0.2) is 58.4 Å². The van der Waals surface area contributed by atoms with Gasteiger partial charge in [-0.25, -0.2) is 13.4 Å². The normalized spacial score (nSPS) is 15.1. The van der Waals surface area contributed by atoms with Gasteiger partial charge < -0.3 is 9.72 Å². The molecule has 1 saturated heterocycles. The summed E-state index contributed by atoms with van der Waals surface area (Å²) in [6.45, 7) is 12.4. The molecule has 1 fully saturated rings. The smallest absolute Gasteiger partial charge is 0.277 e. The Kier molecular flexibility index (Phi) is 8.05. The van der Waals surface area contributed by atoms with Gasteiger partial charge in [0, 0.05) is 6.54 Å². The maximum atomic E-state index is 13.5. The van der Waals surface area contributed by atoms with Gasteiger partial charge in [-0.2, -0.15) is 9.82 Å². The van der Waals surface area contributed by atoms with Gasteiger partial charge in [0.2, 0.25) is 10.0 Å². The Labute approximate surface area is 218 Å². The number of aromatic nitrogens is 4. The zero-order chi connectivity index (χ0) is 26.8. The zero-order valence-corrected chi connectivity index (χ0v) is 23.2. The number of sulfonamides is 1. The van der Waals surface area contributed by atoms with Crippen molar-refractivity contribution < 1.29 is 13.2 Å². The van der Waals surface area contributed by atoms with Crippen LogP contribution in [0.4, 0.5) is 0 Å². The maximum absolute atomic E-state index is 13.5. The topological polar surface area (TPSA) is 122 Å². The summed E-state index contributed by atoms with van der Waals surface area (Å²) in [6, 6.07) is 4.70. The van der Waals surface area contributed by atoms with Gasteiger partial charge in [0.05, 0.1) is 28.4 Å². The molecule has 0 saturated carbocycles. The van der Waals surface area contributed by atoms with E-state index in [2.05, 4.69) is 19.7 Å². The molecule has 11 heteroatoms. The standard InChI is InChI=1S/C26H38N6O4S/c1-6-11-20-22-23(32(8-3)29-20)25(33)28-24(27-22)19-17-18(12-13-21(19)36-16-7-2)37(34,35)30-26(4,5)31-14-9-10-15-31/h12-13,17,30H,6-11,14-16H2,1-5H3,(H,27,28,33). The lowest BCUT2D eigenvalue weighted by Crippen LogP contribution is -2.55. The number of rotatable bonds is 11. The number of hydrogen-bond donors (Lipinski definition) is 2. The lowest BCUT2D eigenvalue weighted by Gasteiger charge is -2.35. The molecule has 0 radical (unpaired) electrons. The molecule has 1 aromatic carbocycles. The van der Waals surface area contributed by atoms with Crippen molar-refractivity contribution in [3.05, 3.63) is 34.2 Å². The first-order valence-electron chi connectivity index (χ1n) is 13.2. The van der Waals surface area contributed by atoms with E-state index in [1.54, 1.807) is 10.7 Å². The van der Waals surface area contributed by atoms with Crippen molar-refractivity contribution in [2.45, 2.75) is 83.8 Å². The average Bonchev–Trinajstić information content (AvgIpc) is 3.52. The van der Waals surface area contributed by atoms with Gasteiger partial charge in [-0.1, -0.05) is 20.3 Å². The fourth-order valence-corrected chi connectivity index (χ4v) is 6.26. The van der Waals surface area contributed by atoms with Crippen LogP contribution in [0.5, 0.6) is 5.75 Å². The number of H-pyrrole nitrogens is 1. The average molecular weight is 531 g/mol. The lowest BCUT2D eigenvalue weighted by molar-refractivity contribution is 0.143. The van der Waals surface area contributed by atoms with Crippen molar-refractivity contribution in [3.8, 4) is 17.1 Å². The van der Waals surface area contributed by atoms with Gasteiger partial charge in [0.1, 0.15) is 17.1 Å². The first kappa shape index (κ1) is 27.3. The number of aromatic amines is 1. The Bertz CT molecular complexity index is 1420. The van der Waals surface area contributed by atoms with E-state index in [1.807, 2.05) is 34.6 Å². The quantitative estimate of drug-likeness (QED) is 0.388. The number of nitrogens with one attached hydrogen (secondary N) is 2. The highest BCUT2D eigenvalue weighted by Gasteiger charge is 2.34. The molecule has 2 N–H and O–H groups in total. The van der Waals surface area contributed by atoms with Crippen molar-refractivity contribution in [2.24, 2.45) is 0 Å². The molecule has 10 nitrogen and oxygen atoms in total. The molecule has 37 heavy (non-hydrogen) atoms. The molecule has 4 rings (SSSR count). The minimum Gasteiger partial charge on any atom is -0.493 e. The second kappa shape index (κ2) is 10.9. The molecule has 0 spiro atoms. The number of aryl methyl sites for hydroxylation is 2. The third-order valence-electron chi connectivity index (χ3n) is 6.71. The van der Waals surface area contributed by atoms with E-state index >= 15 is 0 Å². The van der Waals surface area contributed by atoms with Crippen LogP contribution in [0.2, 0.25) is 0 Å². The fourth-order valence-electron chi connectivity index (χ4n) is 4.84. The molecule has 0 bridgehead atoms. The van der Waals surface area contributed by atoms with Gasteiger partial charge in [0.25, 0.3) is 5.56 Å². The Hall–Kier alpha value is -2.76. The number of ether oxygens (including phenoxy) is 1. The van der Waals surface area contributed by atoms with Gasteiger partial charge in [-0.3, -0.25) is 14.4 Å². The largest absolute Gasteiger partial charge is 0.493 e. The van der Waals surface area contributed by atoms with E-state index in [4.69, 9.17) is 9.72 Å². The molecular weight excluding hydrogens is 492 g/mol. The van der Waals surface area contributed by atoms with Crippen LogP contribution >= 0.6 is 0 Å². The summed E-state index contributed by atoms with van der Waals surface area (Å²) in [7, 11) is -3.88. The van der Waals surface area contributed by atoms with Crippen LogP contribution < -0.4 is 15.0 Å². The third kappa shape index (κ3) is 5.58. The SMILES string of the molecule is CCCOc1ccc(S(=O)(=O)NC(C)(C)N2CCCC2)cc1-c1nc2c(CCC)nn(CC)c2c(=O)[nH]1. The Balaban J connectivity index is 1.82. The molecule has 2 aromatic heterocycles. The first-order chi connectivity index (χ1) is 17.6. The monoisotopic (exact) mass is 530 g/mol. The van der Waals surface area contributed by atoms with E-state index < -0.39 is 15.7 Å². The Morgan fingerprint density at radius 3 is 2.51 bits per heavy atom. The minimum absolute atomic E-state index is 0.0828. The van der Waals surface area contributed by atoms with Crippen molar-refractivity contribution in [1.29, 1.82) is 0 Å². The number of fused-ring (bicyclic) bond motifs is 1. The molecule has 0 atom stereocenters. The van der Waals surface area contributed by atoms with Crippen LogP contribution in [0.1, 0.15) is 66.0 Å². The van der Waals surface area contributed by atoms with Gasteiger partial charge >= 0.3 is 0 Å². The Morgan fingerprint density at radius 1 is 1.14 bits per heavy atom. The Morgan fingerprint density at radius 2 is 1.86 bits per heavy atom. The van der Waals surface area contributed by atoms with Crippen LogP contribution in [0.3, 0.4) is 0 Å². The van der Waals surface area contributed by atoms with Gasteiger partial charge in [-0.05, 0) is 77.7 Å². The van der Waals surface area contributed by atoms with Crippen LogP contribution in [0.25, 0.3) is 22.4 Å². The highest BCUT2D eigenvalue weighted by atomic mass is 32.2. The summed E-state index contributed by atoms with van der Waals surface area (Å²) in [4.78, 5) is 23.0. The van der Waals surface area contributed by atoms with E-state index in [0.29, 0.717) is 41.9 Å². The highest BCUT2D eigenvalue weighted by Crippen LogP contribution is 2.32. The highest BCUT2D eigenvalue weighted by molar-refractivity contribution is 7.89. The summed E-state index contributed by atoms with van der Waals surface area (Å²) in [5.41, 5.74) is 1.07. The number of benzene rings is 1. The van der Waals surface area contributed by atoms with E-state index in [0.717, 1.165) is 44.5 Å². The van der Waals surface area contributed by atoms with Crippen LogP contribution in [-0.2, 0) is 23.0 Å².